The van der Waals surface area contributed by atoms with Gasteiger partial charge in [0.05, 0.1) is 18.6 Å². The van der Waals surface area contributed by atoms with E-state index >= 15 is 0 Å². The fraction of sp³-hybridized carbons (Fsp3) is 0.412. The summed E-state index contributed by atoms with van der Waals surface area (Å²) in [6.45, 7) is 4.98. The van der Waals surface area contributed by atoms with Gasteiger partial charge in [0.15, 0.2) is 0 Å². The molecule has 0 fully saturated rings. The van der Waals surface area contributed by atoms with Crippen molar-refractivity contribution in [1.29, 1.82) is 0 Å². The lowest BCUT2D eigenvalue weighted by Gasteiger charge is -2.24. The predicted molar refractivity (Wildman–Crippen MR) is 95.3 cm³/mol. The van der Waals surface area contributed by atoms with Crippen molar-refractivity contribution in [3.63, 3.8) is 0 Å². The molecule has 8 heteroatoms. The number of likely N-dealkylation sites (N-methyl/N-ethyl adjacent to an activating group) is 2. The highest BCUT2D eigenvalue weighted by atomic mass is 16.6. The number of amides is 1. The zero-order valence-electron chi connectivity index (χ0n) is 14.9. The first-order valence-corrected chi connectivity index (χ1v) is 7.87. The summed E-state index contributed by atoms with van der Waals surface area (Å²) < 4.78 is 4.49. The summed E-state index contributed by atoms with van der Waals surface area (Å²) in [4.78, 5) is 37.4. The number of hydrogen-bond acceptors (Lipinski definition) is 6. The highest BCUT2D eigenvalue weighted by molar-refractivity contribution is 5.87. The number of anilines is 1. The van der Waals surface area contributed by atoms with Crippen LogP contribution in [0.5, 0.6) is 0 Å². The maximum Gasteiger partial charge on any atom is 0.330 e. The molecule has 136 valence electrons. The Morgan fingerprint density at radius 1 is 1.28 bits per heavy atom. The van der Waals surface area contributed by atoms with Gasteiger partial charge in [0, 0.05) is 32.3 Å². The van der Waals surface area contributed by atoms with Crippen molar-refractivity contribution in [1.82, 2.24) is 4.90 Å². The largest absolute Gasteiger partial charge is 0.466 e. The average Bonchev–Trinajstić information content (AvgIpc) is 2.60. The van der Waals surface area contributed by atoms with Gasteiger partial charge in [-0.05, 0) is 31.6 Å². The third kappa shape index (κ3) is 5.59. The Labute approximate surface area is 146 Å². The van der Waals surface area contributed by atoms with Crippen LogP contribution >= 0.6 is 0 Å². The normalized spacial score (nSPS) is 10.6. The highest BCUT2D eigenvalue weighted by Crippen LogP contribution is 2.29. The number of methoxy groups -OCH3 is 1. The van der Waals surface area contributed by atoms with Crippen molar-refractivity contribution in [2.45, 2.75) is 13.8 Å². The summed E-state index contributed by atoms with van der Waals surface area (Å²) in [5, 5.41) is 11.4. The molecule has 0 unspecified atom stereocenters. The molecule has 0 radical (unpaired) electrons. The van der Waals surface area contributed by atoms with Crippen LogP contribution < -0.4 is 4.90 Å². The van der Waals surface area contributed by atoms with Crippen molar-refractivity contribution in [3.05, 3.63) is 40.0 Å². The van der Waals surface area contributed by atoms with E-state index in [9.17, 15) is 19.7 Å². The van der Waals surface area contributed by atoms with Crippen LogP contribution in [0.4, 0.5) is 11.4 Å². The molecule has 0 heterocycles. The Hall–Kier alpha value is -2.90. The molecule has 0 aromatic heterocycles. The lowest BCUT2D eigenvalue weighted by Crippen LogP contribution is -2.39. The van der Waals surface area contributed by atoms with Crippen molar-refractivity contribution in [3.8, 4) is 0 Å². The van der Waals surface area contributed by atoms with Crippen molar-refractivity contribution in [2.75, 3.05) is 38.7 Å². The van der Waals surface area contributed by atoms with Gasteiger partial charge in [0.2, 0.25) is 5.91 Å². The summed E-state index contributed by atoms with van der Waals surface area (Å²) in [5.74, 6) is -0.648. The minimum atomic E-state index is -0.548. The van der Waals surface area contributed by atoms with Crippen molar-refractivity contribution in [2.24, 2.45) is 0 Å². The maximum atomic E-state index is 12.2. The molecule has 0 aliphatic carbocycles. The van der Waals surface area contributed by atoms with Gasteiger partial charge in [0.25, 0.3) is 5.69 Å². The van der Waals surface area contributed by atoms with E-state index in [2.05, 4.69) is 4.74 Å². The number of rotatable bonds is 8. The molecule has 0 spiro atoms. The molecule has 0 aliphatic heterocycles. The summed E-state index contributed by atoms with van der Waals surface area (Å²) in [6.07, 6.45) is 2.62. The quantitative estimate of drug-likeness (QED) is 0.309. The van der Waals surface area contributed by atoms with Crippen LogP contribution in [0.2, 0.25) is 0 Å². The van der Waals surface area contributed by atoms with Gasteiger partial charge in [-0.15, -0.1) is 0 Å². The third-order valence-electron chi connectivity index (χ3n) is 3.71. The topological polar surface area (TPSA) is 93.0 Å². The SMILES string of the molecule is CCN(CC)C(=O)CN(C)c1ccc(/C=C/C(=O)OC)cc1[N+](=O)[O-]. The lowest BCUT2D eigenvalue weighted by atomic mass is 10.1. The second-order valence-electron chi connectivity index (χ2n) is 5.28. The van der Waals surface area contributed by atoms with E-state index in [0.717, 1.165) is 0 Å². The lowest BCUT2D eigenvalue weighted by molar-refractivity contribution is -0.384. The number of ether oxygens (including phenoxy) is 1. The predicted octanol–water partition coefficient (Wildman–Crippen LogP) is 2.09. The van der Waals surface area contributed by atoms with Gasteiger partial charge in [-0.1, -0.05) is 6.07 Å². The van der Waals surface area contributed by atoms with E-state index in [1.54, 1.807) is 29.0 Å². The number of esters is 1. The first kappa shape index (κ1) is 20.1. The average molecular weight is 349 g/mol. The van der Waals surface area contributed by atoms with E-state index in [1.807, 2.05) is 13.8 Å². The fourth-order valence-electron chi connectivity index (χ4n) is 2.31. The third-order valence-corrected chi connectivity index (χ3v) is 3.71. The second kappa shape index (κ2) is 9.41. The minimum Gasteiger partial charge on any atom is -0.466 e. The molecule has 1 rings (SSSR count). The van der Waals surface area contributed by atoms with Crippen molar-refractivity contribution >= 4 is 29.3 Å². The molecule has 8 nitrogen and oxygen atoms in total. The number of nitrogens with zero attached hydrogens (tertiary/aromatic N) is 3. The van der Waals surface area contributed by atoms with Crippen LogP contribution in [-0.2, 0) is 14.3 Å². The molecule has 0 aliphatic rings. The van der Waals surface area contributed by atoms with Crippen LogP contribution in [-0.4, -0.2) is 55.5 Å². The monoisotopic (exact) mass is 349 g/mol. The number of carbonyl (C=O) groups excluding carboxylic acids is 2. The summed E-state index contributed by atoms with van der Waals surface area (Å²) >= 11 is 0. The van der Waals surface area contributed by atoms with Gasteiger partial charge < -0.3 is 14.5 Å². The Balaban J connectivity index is 3.06. The van der Waals surface area contributed by atoms with Crippen LogP contribution in [0.1, 0.15) is 19.4 Å². The Bertz CT molecular complexity index is 668. The van der Waals surface area contributed by atoms with Crippen LogP contribution in [0.25, 0.3) is 6.08 Å². The van der Waals surface area contributed by atoms with Gasteiger partial charge in [-0.3, -0.25) is 14.9 Å². The van der Waals surface area contributed by atoms with Crippen LogP contribution in [0, 0.1) is 10.1 Å². The maximum absolute atomic E-state index is 12.2. The molecular weight excluding hydrogens is 326 g/mol. The van der Waals surface area contributed by atoms with E-state index in [-0.39, 0.29) is 18.1 Å². The molecule has 1 aromatic carbocycles. The first-order valence-electron chi connectivity index (χ1n) is 7.87. The Kier molecular flexibility index (Phi) is 7.58. The fourth-order valence-corrected chi connectivity index (χ4v) is 2.31. The molecule has 1 amide bonds. The number of benzene rings is 1. The number of nitro groups is 1. The molecule has 0 saturated heterocycles. The van der Waals surface area contributed by atoms with Gasteiger partial charge in [-0.2, -0.15) is 0 Å². The number of carbonyl (C=O) groups is 2. The summed E-state index contributed by atoms with van der Waals surface area (Å²) in [7, 11) is 2.88. The molecule has 1 aromatic rings. The minimum absolute atomic E-state index is 0.0415. The standard InChI is InChI=1S/C17H23N3O5/c1-5-19(6-2)16(21)12-18(3)14-9-7-13(8-10-17(22)25-4)11-15(14)20(23)24/h7-11H,5-6,12H2,1-4H3/b10-8+. The van der Waals surface area contributed by atoms with Gasteiger partial charge in [-0.25, -0.2) is 4.79 Å². The second-order valence-corrected chi connectivity index (χ2v) is 5.28. The van der Waals surface area contributed by atoms with Crippen LogP contribution in [0.3, 0.4) is 0 Å². The number of hydrogen-bond donors (Lipinski definition) is 0. The summed E-state index contributed by atoms with van der Waals surface area (Å²) in [5.41, 5.74) is 0.687. The zero-order chi connectivity index (χ0) is 19.0. The van der Waals surface area contributed by atoms with E-state index in [0.29, 0.717) is 24.3 Å². The molecule has 0 saturated carbocycles. The Morgan fingerprint density at radius 3 is 2.44 bits per heavy atom. The Morgan fingerprint density at radius 2 is 1.92 bits per heavy atom. The smallest absolute Gasteiger partial charge is 0.330 e. The number of nitro benzene ring substituents is 1. The van der Waals surface area contributed by atoms with E-state index in [1.165, 1.54) is 25.3 Å². The molecule has 0 bridgehead atoms. The zero-order valence-corrected chi connectivity index (χ0v) is 14.9. The molecule has 0 N–H and O–H groups in total. The molecule has 25 heavy (non-hydrogen) atoms. The van der Waals surface area contributed by atoms with Crippen LogP contribution in [0.15, 0.2) is 24.3 Å². The van der Waals surface area contributed by atoms with Gasteiger partial charge >= 0.3 is 5.97 Å². The molecular formula is C17H23N3O5. The van der Waals surface area contributed by atoms with Gasteiger partial charge in [0.1, 0.15) is 5.69 Å². The highest BCUT2D eigenvalue weighted by Gasteiger charge is 2.20. The van der Waals surface area contributed by atoms with Crippen molar-refractivity contribution < 1.29 is 19.2 Å². The molecule has 0 atom stereocenters. The summed E-state index contributed by atoms with van der Waals surface area (Å²) in [6, 6.07) is 4.55. The van der Waals surface area contributed by atoms with E-state index in [4.69, 9.17) is 0 Å². The first-order chi connectivity index (χ1) is 11.8. The van der Waals surface area contributed by atoms with E-state index < -0.39 is 10.9 Å².